The first-order valence-electron chi connectivity index (χ1n) is 8.54. The third kappa shape index (κ3) is 4.04. The number of rotatable bonds is 6. The van der Waals surface area contributed by atoms with Crippen molar-refractivity contribution in [1.82, 2.24) is 24.9 Å². The number of nitrogens with two attached hydrogens (primary N) is 1. The van der Waals surface area contributed by atoms with Gasteiger partial charge in [0, 0.05) is 12.6 Å². The van der Waals surface area contributed by atoms with Crippen molar-refractivity contribution in [2.24, 2.45) is 12.2 Å². The second kappa shape index (κ2) is 7.65. The van der Waals surface area contributed by atoms with Crippen LogP contribution in [0.15, 0.2) is 58.2 Å². The molecule has 0 bridgehead atoms. The van der Waals surface area contributed by atoms with Crippen LogP contribution >= 0.6 is 0 Å². The highest BCUT2D eigenvalue weighted by molar-refractivity contribution is 7.89. The normalized spacial score (nSPS) is 11.6. The van der Waals surface area contributed by atoms with Gasteiger partial charge in [-0.3, -0.25) is 4.68 Å². The number of pyridine rings is 1. The molecule has 2 N–H and O–H groups in total. The Balaban J connectivity index is 1.61. The predicted octanol–water partition coefficient (Wildman–Crippen LogP) is 1.90. The Kier molecular flexibility index (Phi) is 5.01. The van der Waals surface area contributed by atoms with E-state index in [1.807, 2.05) is 0 Å². The van der Waals surface area contributed by atoms with Crippen molar-refractivity contribution in [1.29, 1.82) is 0 Å². The van der Waals surface area contributed by atoms with Crippen LogP contribution in [-0.2, 0) is 23.7 Å². The number of halogens is 1. The summed E-state index contributed by atoms with van der Waals surface area (Å²) in [5, 5.41) is 13.3. The summed E-state index contributed by atoms with van der Waals surface area (Å²) in [6, 6.07) is 8.56. The van der Waals surface area contributed by atoms with Gasteiger partial charge in [-0.05, 0) is 24.3 Å². The number of aromatic nitrogens is 5. The molecule has 0 spiro atoms. The van der Waals surface area contributed by atoms with Crippen molar-refractivity contribution in [2.45, 2.75) is 11.5 Å². The molecule has 0 amide bonds. The zero-order valence-electron chi connectivity index (χ0n) is 15.6. The van der Waals surface area contributed by atoms with Crippen LogP contribution in [0, 0.1) is 5.95 Å². The molecular weight excluding hydrogens is 415 g/mol. The molecule has 154 valence electrons. The lowest BCUT2D eigenvalue weighted by atomic mass is 10.2. The standard InChI is InChI=1S/C18H15FN6O4S/c1-25-15(10-28-12-5-6-16(19)21-8-12)14(9-22-25)18-23-17(24-29-18)11-3-2-4-13(7-11)30(20,26)27/h2-9H,10H2,1H3,(H2,20,26,27). The van der Waals surface area contributed by atoms with Gasteiger partial charge in [0.1, 0.15) is 12.4 Å². The number of ether oxygens (including phenoxy) is 1. The van der Waals surface area contributed by atoms with E-state index < -0.39 is 16.0 Å². The molecule has 0 saturated carbocycles. The SMILES string of the molecule is Cn1ncc(-c2nc(-c3cccc(S(N)(=O)=O)c3)no2)c1COc1ccc(F)nc1. The molecule has 0 atom stereocenters. The minimum atomic E-state index is -3.86. The predicted molar refractivity (Wildman–Crippen MR) is 102 cm³/mol. The van der Waals surface area contributed by atoms with Crippen LogP contribution in [0.1, 0.15) is 5.69 Å². The number of primary sulfonamides is 1. The lowest BCUT2D eigenvalue weighted by Gasteiger charge is -2.07. The van der Waals surface area contributed by atoms with Crippen molar-refractivity contribution in [3.63, 3.8) is 0 Å². The van der Waals surface area contributed by atoms with Crippen molar-refractivity contribution in [3.8, 4) is 28.6 Å². The maximum atomic E-state index is 12.9. The van der Waals surface area contributed by atoms with Gasteiger partial charge < -0.3 is 9.26 Å². The van der Waals surface area contributed by atoms with Gasteiger partial charge in [0.2, 0.25) is 21.8 Å². The van der Waals surface area contributed by atoms with Crippen molar-refractivity contribution in [3.05, 3.63) is 60.4 Å². The maximum Gasteiger partial charge on any atom is 0.261 e. The van der Waals surface area contributed by atoms with E-state index in [2.05, 4.69) is 20.2 Å². The largest absolute Gasteiger partial charge is 0.486 e. The molecule has 0 unspecified atom stereocenters. The smallest absolute Gasteiger partial charge is 0.261 e. The molecule has 0 aliphatic rings. The molecule has 12 heteroatoms. The van der Waals surface area contributed by atoms with Crippen LogP contribution in [0.3, 0.4) is 0 Å². The highest BCUT2D eigenvalue weighted by Crippen LogP contribution is 2.26. The molecule has 0 saturated heterocycles. The topological polar surface area (TPSA) is 139 Å². The average Bonchev–Trinajstić information content (AvgIpc) is 3.34. The first-order valence-corrected chi connectivity index (χ1v) is 10.1. The van der Waals surface area contributed by atoms with Gasteiger partial charge in [-0.2, -0.15) is 14.5 Å². The summed E-state index contributed by atoms with van der Waals surface area (Å²) < 4.78 is 48.6. The summed E-state index contributed by atoms with van der Waals surface area (Å²) in [6.07, 6.45) is 2.81. The van der Waals surface area contributed by atoms with Gasteiger partial charge in [0.15, 0.2) is 0 Å². The molecule has 0 aliphatic heterocycles. The first-order chi connectivity index (χ1) is 14.3. The highest BCUT2D eigenvalue weighted by atomic mass is 32.2. The van der Waals surface area contributed by atoms with Gasteiger partial charge in [-0.25, -0.2) is 18.5 Å². The van der Waals surface area contributed by atoms with E-state index in [1.165, 1.54) is 36.5 Å². The van der Waals surface area contributed by atoms with E-state index in [0.717, 1.165) is 0 Å². The third-order valence-electron chi connectivity index (χ3n) is 4.21. The summed E-state index contributed by atoms with van der Waals surface area (Å²) in [4.78, 5) is 7.81. The minimum absolute atomic E-state index is 0.0604. The van der Waals surface area contributed by atoms with Crippen molar-refractivity contribution < 1.29 is 22.1 Å². The second-order valence-corrected chi connectivity index (χ2v) is 7.79. The van der Waals surface area contributed by atoms with Crippen LogP contribution in [0.5, 0.6) is 5.75 Å². The molecule has 0 aliphatic carbocycles. The fraction of sp³-hybridized carbons (Fsp3) is 0.111. The molecule has 3 aromatic heterocycles. The Morgan fingerprint density at radius 3 is 2.80 bits per heavy atom. The average molecular weight is 430 g/mol. The molecule has 0 fully saturated rings. The molecule has 4 rings (SSSR count). The Morgan fingerprint density at radius 2 is 2.07 bits per heavy atom. The Morgan fingerprint density at radius 1 is 1.23 bits per heavy atom. The maximum absolute atomic E-state index is 12.9. The van der Waals surface area contributed by atoms with E-state index in [0.29, 0.717) is 22.6 Å². The van der Waals surface area contributed by atoms with Gasteiger partial charge >= 0.3 is 0 Å². The summed E-state index contributed by atoms with van der Waals surface area (Å²) in [6.45, 7) is 0.0950. The Bertz CT molecular complexity index is 1300. The first kappa shape index (κ1) is 19.7. The summed E-state index contributed by atoms with van der Waals surface area (Å²) in [5.41, 5.74) is 1.59. The zero-order chi connectivity index (χ0) is 21.3. The quantitative estimate of drug-likeness (QED) is 0.458. The Labute approximate surface area is 170 Å². The lowest BCUT2D eigenvalue weighted by molar-refractivity contribution is 0.292. The fourth-order valence-electron chi connectivity index (χ4n) is 2.67. The number of hydrogen-bond acceptors (Lipinski definition) is 8. The summed E-state index contributed by atoms with van der Waals surface area (Å²) >= 11 is 0. The van der Waals surface area contributed by atoms with E-state index in [-0.39, 0.29) is 23.2 Å². The van der Waals surface area contributed by atoms with Crippen LogP contribution in [0.4, 0.5) is 4.39 Å². The van der Waals surface area contributed by atoms with Gasteiger partial charge in [0.25, 0.3) is 5.89 Å². The highest BCUT2D eigenvalue weighted by Gasteiger charge is 2.19. The molecular formula is C18H15FN6O4S. The monoisotopic (exact) mass is 430 g/mol. The Hall–Kier alpha value is -3.64. The lowest BCUT2D eigenvalue weighted by Crippen LogP contribution is -2.11. The van der Waals surface area contributed by atoms with E-state index >= 15 is 0 Å². The van der Waals surface area contributed by atoms with E-state index in [4.69, 9.17) is 14.4 Å². The summed E-state index contributed by atoms with van der Waals surface area (Å²) in [7, 11) is -2.14. The van der Waals surface area contributed by atoms with E-state index in [9.17, 15) is 12.8 Å². The van der Waals surface area contributed by atoms with Gasteiger partial charge in [0.05, 0.1) is 28.5 Å². The van der Waals surface area contributed by atoms with Crippen LogP contribution in [-0.4, -0.2) is 33.3 Å². The molecule has 0 radical (unpaired) electrons. The van der Waals surface area contributed by atoms with Crippen LogP contribution < -0.4 is 9.88 Å². The minimum Gasteiger partial charge on any atom is -0.486 e. The van der Waals surface area contributed by atoms with Gasteiger partial charge in [-0.15, -0.1) is 0 Å². The number of nitrogens with zero attached hydrogens (tertiary/aromatic N) is 5. The van der Waals surface area contributed by atoms with Crippen LogP contribution in [0.2, 0.25) is 0 Å². The second-order valence-electron chi connectivity index (χ2n) is 6.23. The molecule has 1 aromatic carbocycles. The summed E-state index contributed by atoms with van der Waals surface area (Å²) in [5.74, 6) is 0.145. The van der Waals surface area contributed by atoms with Gasteiger partial charge in [-0.1, -0.05) is 17.3 Å². The number of hydrogen-bond donors (Lipinski definition) is 1. The zero-order valence-corrected chi connectivity index (χ0v) is 16.4. The third-order valence-corrected chi connectivity index (χ3v) is 5.13. The molecule has 3 heterocycles. The fourth-order valence-corrected chi connectivity index (χ4v) is 3.23. The number of benzene rings is 1. The molecule has 4 aromatic rings. The van der Waals surface area contributed by atoms with E-state index in [1.54, 1.807) is 24.0 Å². The van der Waals surface area contributed by atoms with Crippen molar-refractivity contribution in [2.75, 3.05) is 0 Å². The number of sulfonamides is 1. The van der Waals surface area contributed by atoms with Crippen molar-refractivity contribution >= 4 is 10.0 Å². The van der Waals surface area contributed by atoms with Crippen LogP contribution in [0.25, 0.3) is 22.8 Å². The molecule has 10 nitrogen and oxygen atoms in total. The molecule has 30 heavy (non-hydrogen) atoms. The number of aryl methyl sites for hydroxylation is 1.